The monoisotopic (exact) mass is 1780 g/mol. The summed E-state index contributed by atoms with van der Waals surface area (Å²) in [5.74, 6) is 2.55. The lowest BCUT2D eigenvalue weighted by Crippen LogP contribution is -2.33. The molecule has 0 amide bonds. The maximum absolute atomic E-state index is 15.8. The Balaban J connectivity index is 0.000000106. The van der Waals surface area contributed by atoms with Crippen LogP contribution in [0.1, 0.15) is 0 Å². The summed E-state index contributed by atoms with van der Waals surface area (Å²) in [4.78, 5) is 19.8. The molecule has 3 aliphatic heterocycles. The lowest BCUT2D eigenvalue weighted by molar-refractivity contribution is 0.591. The molecular weight excluding hydrogens is 1700 g/mol. The second-order valence-electron chi connectivity index (χ2n) is 34.8. The molecule has 0 radical (unpaired) electrons. The van der Waals surface area contributed by atoms with Crippen molar-refractivity contribution < 1.29 is 13.7 Å². The van der Waals surface area contributed by atoms with Crippen LogP contribution in [-0.4, -0.2) is 33.6 Å². The zero-order valence-electron chi connectivity index (χ0n) is 72.7. The Hall–Kier alpha value is -16.6. The van der Waals surface area contributed by atoms with Crippen molar-refractivity contribution in [2.24, 2.45) is 0 Å². The van der Waals surface area contributed by atoms with Crippen LogP contribution in [0.3, 0.4) is 0 Å². The zero-order valence-corrected chi connectivity index (χ0v) is 75.4. The first kappa shape index (κ1) is 79.4. The molecule has 0 aliphatic carbocycles. The van der Waals surface area contributed by atoms with Crippen LogP contribution < -0.4 is 47.7 Å². The van der Waals surface area contributed by atoms with Crippen LogP contribution in [0.25, 0.3) is 193 Å². The molecule has 3 aliphatic rings. The molecule has 634 valence electrons. The van der Waals surface area contributed by atoms with E-state index in [-0.39, 0.29) is 0 Å². The molecule has 3 atom stereocenters. The maximum atomic E-state index is 15.8. The maximum Gasteiger partial charge on any atom is 0.175 e. The molecule has 0 N–H and O–H groups in total. The van der Waals surface area contributed by atoms with E-state index in [9.17, 15) is 0 Å². The summed E-state index contributed by atoms with van der Waals surface area (Å²) in [6.45, 7) is 0. The summed E-state index contributed by atoms with van der Waals surface area (Å²) in [5.41, 5.74) is 19.9. The number of hydrogen-bond acceptors (Lipinski definition) is 7. The molecule has 28 rings (SSSR count). The molecule has 3 unspecified atom stereocenters. The van der Waals surface area contributed by atoms with E-state index in [0.29, 0.717) is 0 Å². The summed E-state index contributed by atoms with van der Waals surface area (Å²) in [6.07, 6.45) is 3.79. The minimum atomic E-state index is -3.27. The fourth-order valence-electron chi connectivity index (χ4n) is 21.3. The van der Waals surface area contributed by atoms with Gasteiger partial charge in [0.2, 0.25) is 0 Å². The summed E-state index contributed by atoms with van der Waals surface area (Å²) in [5, 5.41) is 21.8. The van der Waals surface area contributed by atoms with Crippen molar-refractivity contribution in [1.29, 1.82) is 0 Å². The minimum absolute atomic E-state index is 0.821. The Bertz CT molecular complexity index is 9010. The van der Waals surface area contributed by atoms with Gasteiger partial charge in [-0.05, 0) is 201 Å². The third-order valence-electron chi connectivity index (χ3n) is 27.5. The highest BCUT2D eigenvalue weighted by Crippen LogP contribution is 2.56. The van der Waals surface area contributed by atoms with Gasteiger partial charge in [0.05, 0.1) is 50.2 Å². The molecule has 0 bridgehead atoms. The molecule has 135 heavy (non-hydrogen) atoms. The Morgan fingerprint density at radius 1 is 0.193 bits per heavy atom. The van der Waals surface area contributed by atoms with Gasteiger partial charge < -0.3 is 13.7 Å². The summed E-state index contributed by atoms with van der Waals surface area (Å²) >= 11 is 0. The molecule has 7 heterocycles. The van der Waals surface area contributed by atoms with E-state index in [0.717, 1.165) is 182 Å². The highest BCUT2D eigenvalue weighted by Gasteiger charge is 2.44. The van der Waals surface area contributed by atoms with Gasteiger partial charge in [0.25, 0.3) is 0 Å². The Kier molecular flexibility index (Phi) is 18.6. The summed E-state index contributed by atoms with van der Waals surface area (Å²) in [7, 11) is -9.79. The van der Waals surface area contributed by atoms with Crippen molar-refractivity contribution in [1.82, 2.24) is 33.6 Å². The first-order valence-corrected chi connectivity index (χ1v) is 50.6. The van der Waals surface area contributed by atoms with E-state index in [4.69, 9.17) is 15.0 Å². The van der Waals surface area contributed by atoms with Crippen molar-refractivity contribution in [2.75, 3.05) is 0 Å². The van der Waals surface area contributed by atoms with E-state index in [1.165, 1.54) is 59.6 Å². The first-order chi connectivity index (χ1) is 66.6. The third kappa shape index (κ3) is 12.5. The number of rotatable bonds is 10. The second kappa shape index (κ2) is 31.6. The highest BCUT2D eigenvalue weighted by atomic mass is 31.2. The highest BCUT2D eigenvalue weighted by molar-refractivity contribution is 7.87. The predicted octanol–water partition coefficient (Wildman–Crippen LogP) is 26.9. The van der Waals surface area contributed by atoms with E-state index in [2.05, 4.69) is 280 Å². The van der Waals surface area contributed by atoms with Gasteiger partial charge in [-0.25, -0.2) is 15.0 Å². The number of para-hydroxylation sites is 3. The molecule has 13 heteroatoms. The minimum Gasteiger partial charge on any atom is -0.308 e. The van der Waals surface area contributed by atoms with Crippen molar-refractivity contribution in [3.8, 4) is 95.7 Å². The SMILES string of the molecule is O=P1(c2ccccc2)c2cc(-c3cc4ccccc4c4ccccc34)ccc2-n2c(-c3ccccc3)nc3cccc1c32.O=P1(c2ccccc2)c2cc(-c3cc4ccccc4c4cnccc34)ccc2-n2c(-c3ccccc3)nc3cccc1c32.O=P1(c2ccccc2)c2cc(-c3ccc(-c4cc5ccccc5c5ccccc45)cc3)ccc2-n2c(-c3ccccc3)nc3cccc1c32. The van der Waals surface area contributed by atoms with Gasteiger partial charge in [0.15, 0.2) is 21.4 Å². The molecule has 10 nitrogen and oxygen atoms in total. The van der Waals surface area contributed by atoms with Crippen LogP contribution in [0.4, 0.5) is 0 Å². The fourth-order valence-corrected chi connectivity index (χ4v) is 30.4. The summed E-state index contributed by atoms with van der Waals surface area (Å²) in [6, 6.07) is 159. The lowest BCUT2D eigenvalue weighted by Gasteiger charge is -2.30. The fraction of sp³-hybridized carbons (Fsp3) is 0. The molecule has 0 saturated heterocycles. The van der Waals surface area contributed by atoms with Gasteiger partial charge in [0.1, 0.15) is 17.5 Å². The van der Waals surface area contributed by atoms with Crippen molar-refractivity contribution in [2.45, 2.75) is 0 Å². The Labute approximate surface area is 777 Å². The van der Waals surface area contributed by atoms with Crippen LogP contribution in [0.15, 0.2) is 473 Å². The van der Waals surface area contributed by atoms with Crippen LogP contribution in [0, 0.1) is 0 Å². The molecule has 4 aromatic heterocycles. The molecule has 25 aromatic rings. The van der Waals surface area contributed by atoms with E-state index in [1.807, 2.05) is 213 Å². The average Bonchev–Trinajstić information content (AvgIpc) is 1.66. The third-order valence-corrected chi connectivity index (χ3v) is 36.8. The number of aromatic nitrogens is 7. The lowest BCUT2D eigenvalue weighted by atomic mass is 9.92. The van der Waals surface area contributed by atoms with E-state index in [1.54, 1.807) is 0 Å². The van der Waals surface area contributed by atoms with E-state index < -0.39 is 21.4 Å². The van der Waals surface area contributed by atoms with Gasteiger partial charge in [-0.1, -0.05) is 364 Å². The number of fused-ring (bicyclic) bond motifs is 15. The van der Waals surface area contributed by atoms with Gasteiger partial charge in [-0.2, -0.15) is 0 Å². The molecular formula is C122H78N7O3P3. The summed E-state index contributed by atoms with van der Waals surface area (Å²) < 4.78 is 54.1. The van der Waals surface area contributed by atoms with Crippen LogP contribution >= 0.6 is 21.4 Å². The topological polar surface area (TPSA) is 118 Å². The molecule has 0 saturated carbocycles. The smallest absolute Gasteiger partial charge is 0.175 e. The Morgan fingerprint density at radius 2 is 0.474 bits per heavy atom. The van der Waals surface area contributed by atoms with Crippen molar-refractivity contribution >= 4 is 167 Å². The zero-order chi connectivity index (χ0) is 89.6. The number of benzene rings is 21. The average molecular weight is 1780 g/mol. The van der Waals surface area contributed by atoms with Crippen LogP contribution in [-0.2, 0) is 13.7 Å². The van der Waals surface area contributed by atoms with Gasteiger partial charge in [-0.15, -0.1) is 0 Å². The van der Waals surface area contributed by atoms with Crippen molar-refractivity contribution in [3.63, 3.8) is 0 Å². The molecule has 0 spiro atoms. The number of hydrogen-bond donors (Lipinski definition) is 0. The number of nitrogens with zero attached hydrogens (tertiary/aromatic N) is 7. The van der Waals surface area contributed by atoms with Crippen LogP contribution in [0.2, 0.25) is 0 Å². The second-order valence-corrected chi connectivity index (χ2v) is 42.9. The van der Waals surface area contributed by atoms with Crippen molar-refractivity contribution in [3.05, 3.63) is 473 Å². The quantitative estimate of drug-likeness (QED) is 0.0988. The first-order valence-electron chi connectivity index (χ1n) is 45.4. The molecule has 0 fully saturated rings. The van der Waals surface area contributed by atoms with Gasteiger partial charge >= 0.3 is 0 Å². The van der Waals surface area contributed by atoms with Gasteiger partial charge in [0, 0.05) is 82.2 Å². The van der Waals surface area contributed by atoms with Gasteiger partial charge in [-0.3, -0.25) is 18.7 Å². The number of imidazole rings is 3. The van der Waals surface area contributed by atoms with Crippen LogP contribution in [0.5, 0.6) is 0 Å². The standard InChI is InChI=1S/C45H29N2OP.C39H25N2OP.C38H24N3OP/c48-49(35-15-5-2-6-16-35)42-21-11-20-40-44(42)47(45(46-40)32-12-3-1-4-13-32)41-27-26-33(29-43(41)49)30-22-24-31(25-23-30)39-28-34-14-7-8-17-36(34)37-18-9-10-19-38(37)39;42-43(29-15-5-2-6-16-29)36-21-11-20-34-38(36)41(39(40-34)26-12-3-1-4-13-26)35-23-22-28(25-37(35)43)33-24-27-14-7-8-17-30(27)31-18-9-10-19-32(31)33;42-43(28-13-5-2-6-14-28)35-17-9-16-33-37(35)41(38(40-33)25-10-3-1-4-11-25)34-19-18-27(23-36(34)43)31-22-26-12-7-8-15-29(26)32-24-39-21-20-30(31)32/h1-29H;1-25H;1-24H. The predicted molar refractivity (Wildman–Crippen MR) is 563 cm³/mol. The van der Waals surface area contributed by atoms with E-state index >= 15 is 13.7 Å². The number of pyridine rings is 1. The normalized spacial score (nSPS) is 15.4. The largest absolute Gasteiger partial charge is 0.308 e. The molecule has 21 aromatic carbocycles. The Morgan fingerprint density at radius 3 is 0.844 bits per heavy atom.